The molecular formula is C13H17NO3. The van der Waals surface area contributed by atoms with E-state index in [1.54, 1.807) is 0 Å². The standard InChI is InChI=1S/C13H17NO3/c14-17-9-2-1-4-11-5-6-12-13(10-11)16-8-3-7-15-12/h1,4-6,10H,2-3,7-9,14H2/b4-1+. The monoisotopic (exact) mass is 235 g/mol. The molecule has 0 fully saturated rings. The fourth-order valence-electron chi connectivity index (χ4n) is 1.64. The molecule has 2 rings (SSSR count). The first kappa shape index (κ1) is 12.0. The van der Waals surface area contributed by atoms with Crippen molar-refractivity contribution < 1.29 is 14.3 Å². The van der Waals surface area contributed by atoms with Crippen LogP contribution in [-0.2, 0) is 4.84 Å². The van der Waals surface area contributed by atoms with Crippen molar-refractivity contribution in [3.63, 3.8) is 0 Å². The molecule has 2 N–H and O–H groups in total. The SMILES string of the molecule is NOCC/C=C/c1ccc2c(c1)OCCCO2. The lowest BCUT2D eigenvalue weighted by atomic mass is 10.2. The molecule has 0 spiro atoms. The smallest absolute Gasteiger partial charge is 0.161 e. The third-order valence-corrected chi connectivity index (χ3v) is 2.48. The molecular weight excluding hydrogens is 218 g/mol. The molecule has 0 saturated heterocycles. The van der Waals surface area contributed by atoms with Crippen LogP contribution in [0.25, 0.3) is 6.08 Å². The molecule has 0 amide bonds. The van der Waals surface area contributed by atoms with Gasteiger partial charge in [-0.05, 0) is 24.1 Å². The summed E-state index contributed by atoms with van der Waals surface area (Å²) in [6.45, 7) is 1.96. The largest absolute Gasteiger partial charge is 0.490 e. The second-order valence-electron chi connectivity index (χ2n) is 3.82. The summed E-state index contributed by atoms with van der Waals surface area (Å²) in [6, 6.07) is 5.94. The minimum absolute atomic E-state index is 0.529. The van der Waals surface area contributed by atoms with Crippen molar-refractivity contribution in [1.82, 2.24) is 0 Å². The van der Waals surface area contributed by atoms with E-state index in [9.17, 15) is 0 Å². The quantitative estimate of drug-likeness (QED) is 0.641. The Morgan fingerprint density at radius 1 is 1.24 bits per heavy atom. The lowest BCUT2D eigenvalue weighted by molar-refractivity contribution is 0.143. The van der Waals surface area contributed by atoms with Gasteiger partial charge in [-0.15, -0.1) is 0 Å². The van der Waals surface area contributed by atoms with E-state index in [-0.39, 0.29) is 0 Å². The number of nitrogens with two attached hydrogens (primary N) is 1. The maximum absolute atomic E-state index is 5.61. The Balaban J connectivity index is 2.04. The fraction of sp³-hybridized carbons (Fsp3) is 0.385. The highest BCUT2D eigenvalue weighted by Gasteiger charge is 2.09. The number of hydrogen-bond acceptors (Lipinski definition) is 4. The number of fused-ring (bicyclic) bond motifs is 1. The minimum Gasteiger partial charge on any atom is -0.490 e. The molecule has 0 unspecified atom stereocenters. The molecule has 92 valence electrons. The van der Waals surface area contributed by atoms with E-state index in [1.165, 1.54) is 0 Å². The Labute approximate surface area is 101 Å². The Morgan fingerprint density at radius 3 is 2.88 bits per heavy atom. The van der Waals surface area contributed by atoms with Gasteiger partial charge in [0.25, 0.3) is 0 Å². The van der Waals surface area contributed by atoms with E-state index < -0.39 is 0 Å². The second-order valence-corrected chi connectivity index (χ2v) is 3.82. The molecule has 4 heteroatoms. The highest BCUT2D eigenvalue weighted by atomic mass is 16.6. The van der Waals surface area contributed by atoms with Gasteiger partial charge in [-0.2, -0.15) is 0 Å². The van der Waals surface area contributed by atoms with Crippen LogP contribution < -0.4 is 15.4 Å². The normalized spacial score (nSPS) is 14.9. The van der Waals surface area contributed by atoms with Gasteiger partial charge >= 0.3 is 0 Å². The predicted octanol–water partition coefficient (Wildman–Crippen LogP) is 2.14. The van der Waals surface area contributed by atoms with Gasteiger partial charge in [-0.1, -0.05) is 18.2 Å². The molecule has 17 heavy (non-hydrogen) atoms. The first-order chi connectivity index (χ1) is 8.40. The molecule has 1 aromatic rings. The van der Waals surface area contributed by atoms with Crippen molar-refractivity contribution in [2.24, 2.45) is 5.90 Å². The summed E-state index contributed by atoms with van der Waals surface area (Å²) in [4.78, 5) is 4.49. The van der Waals surface area contributed by atoms with Gasteiger partial charge in [-0.3, -0.25) is 0 Å². The van der Waals surface area contributed by atoms with Gasteiger partial charge in [0.15, 0.2) is 11.5 Å². The lowest BCUT2D eigenvalue weighted by Gasteiger charge is -2.07. The van der Waals surface area contributed by atoms with E-state index in [1.807, 2.05) is 30.4 Å². The van der Waals surface area contributed by atoms with E-state index >= 15 is 0 Å². The van der Waals surface area contributed by atoms with Crippen molar-refractivity contribution in [2.45, 2.75) is 12.8 Å². The van der Waals surface area contributed by atoms with Gasteiger partial charge in [0.2, 0.25) is 0 Å². The zero-order valence-corrected chi connectivity index (χ0v) is 9.72. The molecule has 1 heterocycles. The van der Waals surface area contributed by atoms with Crippen LogP contribution in [-0.4, -0.2) is 19.8 Å². The van der Waals surface area contributed by atoms with Crippen LogP contribution in [0.4, 0.5) is 0 Å². The molecule has 1 aliphatic rings. The molecule has 1 aliphatic heterocycles. The first-order valence-corrected chi connectivity index (χ1v) is 5.78. The third-order valence-electron chi connectivity index (χ3n) is 2.48. The van der Waals surface area contributed by atoms with Gasteiger partial charge in [-0.25, -0.2) is 5.90 Å². The zero-order chi connectivity index (χ0) is 11.9. The molecule has 1 aromatic carbocycles. The van der Waals surface area contributed by atoms with Crippen LogP contribution in [0.1, 0.15) is 18.4 Å². The lowest BCUT2D eigenvalue weighted by Crippen LogP contribution is -1.98. The number of benzene rings is 1. The van der Waals surface area contributed by atoms with Gasteiger partial charge in [0.05, 0.1) is 19.8 Å². The highest BCUT2D eigenvalue weighted by molar-refractivity contribution is 5.56. The average Bonchev–Trinajstić information content (AvgIpc) is 2.59. The number of rotatable bonds is 4. The Morgan fingerprint density at radius 2 is 2.06 bits per heavy atom. The molecule has 4 nitrogen and oxygen atoms in total. The maximum atomic E-state index is 5.61. The summed E-state index contributed by atoms with van der Waals surface area (Å²) in [6.07, 6.45) is 5.76. The Bertz CT molecular complexity index is 390. The number of hydrogen-bond donors (Lipinski definition) is 1. The molecule has 0 aliphatic carbocycles. The molecule has 0 saturated carbocycles. The van der Waals surface area contributed by atoms with E-state index in [0.29, 0.717) is 13.2 Å². The summed E-state index contributed by atoms with van der Waals surface area (Å²) in [5, 5.41) is 0. The molecule has 0 atom stereocenters. The maximum Gasteiger partial charge on any atom is 0.161 e. The average molecular weight is 235 g/mol. The number of ether oxygens (including phenoxy) is 2. The summed E-state index contributed by atoms with van der Waals surface area (Å²) in [5.74, 6) is 6.59. The topological polar surface area (TPSA) is 53.7 Å². The third kappa shape index (κ3) is 3.47. The van der Waals surface area contributed by atoms with Crippen molar-refractivity contribution in [3.8, 4) is 11.5 Å². The Kier molecular flexibility index (Phi) is 4.41. The van der Waals surface area contributed by atoms with Crippen LogP contribution in [0.15, 0.2) is 24.3 Å². The molecule has 0 aromatic heterocycles. The zero-order valence-electron chi connectivity index (χ0n) is 9.72. The van der Waals surface area contributed by atoms with E-state index in [0.717, 1.165) is 36.5 Å². The van der Waals surface area contributed by atoms with E-state index in [4.69, 9.17) is 15.4 Å². The summed E-state index contributed by atoms with van der Waals surface area (Å²) >= 11 is 0. The molecule has 0 radical (unpaired) electrons. The van der Waals surface area contributed by atoms with Crippen molar-refractivity contribution in [3.05, 3.63) is 29.8 Å². The molecule has 0 bridgehead atoms. The second kappa shape index (κ2) is 6.27. The fourth-order valence-corrected chi connectivity index (χ4v) is 1.64. The van der Waals surface area contributed by atoms with Crippen molar-refractivity contribution in [1.29, 1.82) is 0 Å². The first-order valence-electron chi connectivity index (χ1n) is 5.78. The predicted molar refractivity (Wildman–Crippen MR) is 65.8 cm³/mol. The van der Waals surface area contributed by atoms with Gasteiger partial charge in [0, 0.05) is 6.42 Å². The minimum atomic E-state index is 0.529. The van der Waals surface area contributed by atoms with Crippen molar-refractivity contribution in [2.75, 3.05) is 19.8 Å². The van der Waals surface area contributed by atoms with Crippen LogP contribution in [0.3, 0.4) is 0 Å². The van der Waals surface area contributed by atoms with Gasteiger partial charge < -0.3 is 14.3 Å². The van der Waals surface area contributed by atoms with Crippen LogP contribution in [0, 0.1) is 0 Å². The van der Waals surface area contributed by atoms with Gasteiger partial charge in [0.1, 0.15) is 0 Å². The van der Waals surface area contributed by atoms with Crippen LogP contribution in [0.5, 0.6) is 11.5 Å². The summed E-state index contributed by atoms with van der Waals surface area (Å²) < 4.78 is 11.2. The Hall–Kier alpha value is -1.52. The van der Waals surface area contributed by atoms with Crippen LogP contribution >= 0.6 is 0 Å². The summed E-state index contributed by atoms with van der Waals surface area (Å²) in [7, 11) is 0. The van der Waals surface area contributed by atoms with Crippen molar-refractivity contribution >= 4 is 6.08 Å². The van der Waals surface area contributed by atoms with E-state index in [2.05, 4.69) is 4.84 Å². The summed E-state index contributed by atoms with van der Waals surface area (Å²) in [5.41, 5.74) is 1.09. The highest BCUT2D eigenvalue weighted by Crippen LogP contribution is 2.30. The van der Waals surface area contributed by atoms with Crippen LogP contribution in [0.2, 0.25) is 0 Å².